The maximum absolute atomic E-state index is 15.3. The molecule has 9 nitrogen and oxygen atoms in total. The molecule has 0 fully saturated rings. The zero-order valence-corrected chi connectivity index (χ0v) is 43.8. The van der Waals surface area contributed by atoms with Crippen LogP contribution >= 0.6 is 0 Å². The highest BCUT2D eigenvalue weighted by Gasteiger charge is 2.39. The number of hydrogen-bond donors (Lipinski definition) is 0. The molecule has 4 heterocycles. The maximum atomic E-state index is 15.3. The van der Waals surface area contributed by atoms with E-state index in [0.717, 1.165) is 49.9 Å². The highest BCUT2D eigenvalue weighted by molar-refractivity contribution is 6.13. The Hall–Kier alpha value is -11.1. The van der Waals surface area contributed by atoms with Crippen LogP contribution in [0, 0.1) is 11.3 Å². The van der Waals surface area contributed by atoms with Gasteiger partial charge in [0.25, 0.3) is 0 Å². The summed E-state index contributed by atoms with van der Waals surface area (Å²) in [6.45, 7) is 0. The summed E-state index contributed by atoms with van der Waals surface area (Å²) in [5.74, 6) is 2.65. The molecular weight excluding hydrogens is 1070 g/mol. The molecule has 0 aliphatic heterocycles. The van der Waals surface area contributed by atoms with Crippen LogP contribution in [0.4, 0.5) is 26.3 Å². The number of benzene rings is 10. The highest BCUT2D eigenvalue weighted by atomic mass is 19.4. The summed E-state index contributed by atoms with van der Waals surface area (Å²) in [5.41, 5.74) is 3.68. The SMILES string of the molecule is N#Cc1cc(-n2c3ccccc3c3cc(-c4nc(-c5ccccc5)nc(-c5ccccc5)n4)ccc32)c(-n2c3ccccc3c3cc(-c4nc(-c5ccccc5)nc(-c5ccccc5)n4)ccc32)cc1-c1ccc(C(F)(F)F)cc1C(F)(F)F. The van der Waals surface area contributed by atoms with Gasteiger partial charge in [-0.05, 0) is 78.4 Å². The molecule has 0 N–H and O–H groups in total. The van der Waals surface area contributed by atoms with Gasteiger partial charge in [0.2, 0.25) is 0 Å². The molecule has 0 aliphatic rings. The third-order valence-electron chi connectivity index (χ3n) is 14.9. The lowest BCUT2D eigenvalue weighted by molar-refractivity contribution is -0.142. The summed E-state index contributed by atoms with van der Waals surface area (Å²) in [4.78, 5) is 29.8. The van der Waals surface area contributed by atoms with E-state index in [1.54, 1.807) is 0 Å². The van der Waals surface area contributed by atoms with E-state index in [-0.39, 0.29) is 17.2 Å². The van der Waals surface area contributed by atoms with Gasteiger partial charge in [-0.15, -0.1) is 0 Å². The Labute approximate surface area is 474 Å². The first-order chi connectivity index (χ1) is 40.9. The molecule has 0 atom stereocenters. The van der Waals surface area contributed by atoms with Crippen LogP contribution in [0.2, 0.25) is 0 Å². The van der Waals surface area contributed by atoms with Crippen molar-refractivity contribution in [3.05, 3.63) is 253 Å². The second-order valence-corrected chi connectivity index (χ2v) is 20.0. The van der Waals surface area contributed by atoms with Crippen LogP contribution in [0.3, 0.4) is 0 Å². The number of rotatable bonds is 9. The first-order valence-corrected chi connectivity index (χ1v) is 26.5. The Kier molecular flexibility index (Phi) is 12.3. The molecule has 10 aromatic carbocycles. The van der Waals surface area contributed by atoms with E-state index in [2.05, 4.69) is 6.07 Å². The van der Waals surface area contributed by atoms with Gasteiger partial charge >= 0.3 is 12.4 Å². The lowest BCUT2D eigenvalue weighted by atomic mass is 9.92. The lowest BCUT2D eigenvalue weighted by Gasteiger charge is -2.21. The van der Waals surface area contributed by atoms with Crippen molar-refractivity contribution in [2.24, 2.45) is 0 Å². The van der Waals surface area contributed by atoms with Crippen molar-refractivity contribution in [2.45, 2.75) is 12.4 Å². The molecule has 0 radical (unpaired) electrons. The second-order valence-electron chi connectivity index (χ2n) is 20.0. The van der Waals surface area contributed by atoms with Crippen molar-refractivity contribution in [2.75, 3.05) is 0 Å². The van der Waals surface area contributed by atoms with Crippen molar-refractivity contribution in [1.29, 1.82) is 5.26 Å². The number of para-hydroxylation sites is 2. The normalized spacial score (nSPS) is 11.9. The maximum Gasteiger partial charge on any atom is 0.417 e. The first-order valence-electron chi connectivity index (χ1n) is 26.5. The summed E-state index contributed by atoms with van der Waals surface area (Å²) in [6.07, 6.45) is -10.3. The van der Waals surface area contributed by atoms with Gasteiger partial charge in [0.15, 0.2) is 34.9 Å². The summed E-state index contributed by atoms with van der Waals surface area (Å²) < 4.78 is 92.4. The van der Waals surface area contributed by atoms with E-state index in [4.69, 9.17) is 29.9 Å². The lowest BCUT2D eigenvalue weighted by Crippen LogP contribution is -2.13. The van der Waals surface area contributed by atoms with Gasteiger partial charge in [0.05, 0.1) is 56.2 Å². The molecule has 4 aromatic heterocycles. The van der Waals surface area contributed by atoms with E-state index in [9.17, 15) is 18.4 Å². The molecule has 0 spiro atoms. The van der Waals surface area contributed by atoms with Crippen molar-refractivity contribution >= 4 is 43.6 Å². The quantitative estimate of drug-likeness (QED) is 0.132. The Balaban J connectivity index is 1.03. The Morgan fingerprint density at radius 1 is 0.310 bits per heavy atom. The largest absolute Gasteiger partial charge is 0.417 e. The van der Waals surface area contributed by atoms with Crippen molar-refractivity contribution in [1.82, 2.24) is 39.0 Å². The fourth-order valence-corrected chi connectivity index (χ4v) is 11.1. The number of alkyl halides is 6. The van der Waals surface area contributed by atoms with Crippen LogP contribution in [-0.4, -0.2) is 39.0 Å². The summed E-state index contributed by atoms with van der Waals surface area (Å²) >= 11 is 0. The summed E-state index contributed by atoms with van der Waals surface area (Å²) in [5, 5.41) is 14.1. The molecule has 0 saturated heterocycles. The fourth-order valence-electron chi connectivity index (χ4n) is 11.1. The molecule has 0 bridgehead atoms. The highest BCUT2D eigenvalue weighted by Crippen LogP contribution is 2.46. The molecule has 14 aromatic rings. The third kappa shape index (κ3) is 9.02. The van der Waals surface area contributed by atoms with Crippen LogP contribution in [0.15, 0.2) is 237 Å². The predicted octanol–water partition coefficient (Wildman–Crippen LogP) is 17.8. The first kappa shape index (κ1) is 51.1. The molecule has 402 valence electrons. The summed E-state index contributed by atoms with van der Waals surface area (Å²) in [6, 6.07) is 71.7. The molecule has 0 saturated carbocycles. The van der Waals surface area contributed by atoms with Crippen LogP contribution in [0.25, 0.3) is 134 Å². The number of halogens is 6. The minimum absolute atomic E-state index is 0.0995. The number of nitriles is 1. The molecule has 15 heteroatoms. The van der Waals surface area contributed by atoms with Gasteiger partial charge in [-0.1, -0.05) is 164 Å². The van der Waals surface area contributed by atoms with E-state index < -0.39 is 29.0 Å². The van der Waals surface area contributed by atoms with Crippen LogP contribution in [-0.2, 0) is 12.4 Å². The number of aromatic nitrogens is 8. The zero-order valence-electron chi connectivity index (χ0n) is 43.8. The summed E-state index contributed by atoms with van der Waals surface area (Å²) in [7, 11) is 0. The van der Waals surface area contributed by atoms with Gasteiger partial charge in [0, 0.05) is 60.5 Å². The average molecular weight is 1110 g/mol. The van der Waals surface area contributed by atoms with E-state index in [1.807, 2.05) is 215 Å². The van der Waals surface area contributed by atoms with Gasteiger partial charge in [-0.3, -0.25) is 0 Å². The number of hydrogen-bond acceptors (Lipinski definition) is 7. The van der Waals surface area contributed by atoms with Crippen molar-refractivity contribution in [3.63, 3.8) is 0 Å². The zero-order chi connectivity index (χ0) is 57.3. The van der Waals surface area contributed by atoms with Gasteiger partial charge in [0.1, 0.15) is 0 Å². The standard InChI is InChI=1S/C69H39F6N9/c70-68(71,72)48-31-32-49(55(38-48)69(73,74)75)52-39-61(84-57-28-16-14-26-51(57)54-36-46(30-34-59(54)84)67-81-64(43-21-9-3-10-22-43)78-65(82-67)44-23-11-4-12-24-44)60(37-47(52)40-76)83-56-27-15-13-25-50(56)53-35-45(29-33-58(53)83)66-79-62(41-17-5-1-6-18-41)77-63(80-66)42-19-7-2-8-20-42/h1-39H. The van der Waals surface area contributed by atoms with Crippen molar-refractivity contribution < 1.29 is 26.3 Å². The monoisotopic (exact) mass is 1110 g/mol. The molecular formula is C69H39F6N9. The Bertz CT molecular complexity index is 4820. The molecule has 0 amide bonds. The van der Waals surface area contributed by atoms with Crippen LogP contribution < -0.4 is 0 Å². The topological polar surface area (TPSA) is 111 Å². The van der Waals surface area contributed by atoms with E-state index >= 15 is 13.2 Å². The predicted molar refractivity (Wildman–Crippen MR) is 315 cm³/mol. The van der Waals surface area contributed by atoms with E-state index in [0.29, 0.717) is 85.6 Å². The molecule has 0 aliphatic carbocycles. The minimum Gasteiger partial charge on any atom is -0.307 e. The van der Waals surface area contributed by atoms with Gasteiger partial charge in [-0.25, -0.2) is 29.9 Å². The smallest absolute Gasteiger partial charge is 0.307 e. The van der Waals surface area contributed by atoms with Gasteiger partial charge in [-0.2, -0.15) is 31.6 Å². The fraction of sp³-hybridized carbons (Fsp3) is 0.0290. The number of nitrogens with zero attached hydrogens (tertiary/aromatic N) is 9. The third-order valence-corrected chi connectivity index (χ3v) is 14.9. The second kappa shape index (κ2) is 20.2. The van der Waals surface area contributed by atoms with Crippen LogP contribution in [0.5, 0.6) is 0 Å². The van der Waals surface area contributed by atoms with Crippen molar-refractivity contribution in [3.8, 4) is 96.9 Å². The van der Waals surface area contributed by atoms with Crippen LogP contribution in [0.1, 0.15) is 16.7 Å². The number of fused-ring (bicyclic) bond motifs is 6. The Morgan fingerprint density at radius 3 is 1.05 bits per heavy atom. The Morgan fingerprint density at radius 2 is 0.667 bits per heavy atom. The minimum atomic E-state index is -5.26. The van der Waals surface area contributed by atoms with E-state index in [1.165, 1.54) is 12.1 Å². The average Bonchev–Trinajstić information content (AvgIpc) is 2.77. The molecule has 84 heavy (non-hydrogen) atoms. The van der Waals surface area contributed by atoms with Gasteiger partial charge < -0.3 is 9.13 Å². The molecule has 14 rings (SSSR count). The molecule has 0 unspecified atom stereocenters.